The van der Waals surface area contributed by atoms with Crippen molar-refractivity contribution in [3.05, 3.63) is 29.3 Å². The van der Waals surface area contributed by atoms with Crippen LogP contribution in [-0.4, -0.2) is 59.7 Å². The molecule has 0 radical (unpaired) electrons. The molecule has 1 rings (SSSR count). The minimum absolute atomic E-state index is 0.493. The molecule has 1 aromatic rings. The lowest BCUT2D eigenvalue weighted by Gasteiger charge is -2.29. The van der Waals surface area contributed by atoms with E-state index in [4.69, 9.17) is 16.1 Å². The molecule has 25 heavy (non-hydrogen) atoms. The van der Waals surface area contributed by atoms with Gasteiger partial charge in [-0.2, -0.15) is 0 Å². The zero-order valence-electron chi connectivity index (χ0n) is 15.0. The van der Waals surface area contributed by atoms with Crippen LogP contribution in [0.2, 0.25) is 5.02 Å². The summed E-state index contributed by atoms with van der Waals surface area (Å²) in [5.41, 5.74) is 1.15. The van der Waals surface area contributed by atoms with E-state index in [1.165, 1.54) is 11.4 Å². The van der Waals surface area contributed by atoms with E-state index >= 15 is 0 Å². The van der Waals surface area contributed by atoms with Crippen LogP contribution in [0.4, 0.5) is 5.69 Å². The number of hydrogen-bond donors (Lipinski definition) is 0. The molecule has 146 valence electrons. The van der Waals surface area contributed by atoms with Crippen LogP contribution < -0.4 is 4.48 Å². The first-order chi connectivity index (χ1) is 11.3. The van der Waals surface area contributed by atoms with Gasteiger partial charge >= 0.3 is 0 Å². The molecule has 1 aromatic carbocycles. The van der Waals surface area contributed by atoms with Crippen molar-refractivity contribution in [2.24, 2.45) is 0 Å². The number of halogens is 1. The molecule has 0 spiro atoms. The maximum absolute atomic E-state index is 12.0. The second-order valence-electron chi connectivity index (χ2n) is 5.49. The zero-order valence-corrected chi connectivity index (χ0v) is 18.3. The molecule has 0 bridgehead atoms. The molecule has 1 unspecified atom stereocenters. The highest BCUT2D eigenvalue weighted by Gasteiger charge is 2.22. The molecule has 0 aromatic heterocycles. The van der Waals surface area contributed by atoms with Gasteiger partial charge in [0.05, 0.1) is 40.1 Å². The summed E-state index contributed by atoms with van der Waals surface area (Å²) < 4.78 is 49.0. The third kappa shape index (κ3) is 12.0. The molecule has 1 atom stereocenters. The van der Waals surface area contributed by atoms with Crippen molar-refractivity contribution in [2.45, 2.75) is 6.92 Å². The lowest BCUT2D eigenvalue weighted by Crippen LogP contribution is -2.42. The first kappa shape index (κ1) is 24.9. The Balaban J connectivity index is 0.000000823. The van der Waals surface area contributed by atoms with Crippen molar-refractivity contribution >= 4 is 45.6 Å². The minimum atomic E-state index is -4.41. The van der Waals surface area contributed by atoms with Crippen molar-refractivity contribution < 1.29 is 26.2 Å². The molecule has 0 saturated heterocycles. The molecular weight excluding hydrogens is 409 g/mol. The molecular formula is C14H25ClNO6PS2. The van der Waals surface area contributed by atoms with E-state index in [2.05, 4.69) is 24.3 Å². The van der Waals surface area contributed by atoms with Crippen LogP contribution in [0.5, 0.6) is 0 Å². The SMILES string of the molecule is CCOP(C)(=O)SCC[N+](C)(C)c1cccc(Cl)c1.COS(=O)(=O)[O-]. The van der Waals surface area contributed by atoms with Crippen LogP contribution in [-0.2, 0) is 23.7 Å². The Bertz CT molecular complexity index is 684. The highest BCUT2D eigenvalue weighted by Crippen LogP contribution is 2.55. The van der Waals surface area contributed by atoms with Crippen molar-refractivity contribution in [3.8, 4) is 0 Å². The maximum Gasteiger partial charge on any atom is 0.254 e. The topological polar surface area (TPSA) is 92.7 Å². The van der Waals surface area contributed by atoms with Crippen LogP contribution in [0.15, 0.2) is 24.3 Å². The number of benzene rings is 1. The summed E-state index contributed by atoms with van der Waals surface area (Å²) in [6.07, 6.45) is 0. The average molecular weight is 434 g/mol. The van der Waals surface area contributed by atoms with Gasteiger partial charge in [0.25, 0.3) is 6.57 Å². The Morgan fingerprint density at radius 1 is 1.36 bits per heavy atom. The number of hydrogen-bond acceptors (Lipinski definition) is 7. The van der Waals surface area contributed by atoms with Crippen LogP contribution in [0.25, 0.3) is 0 Å². The molecule has 0 aliphatic heterocycles. The second-order valence-corrected chi connectivity index (χ2v) is 12.3. The highest BCUT2D eigenvalue weighted by atomic mass is 35.5. The summed E-state index contributed by atoms with van der Waals surface area (Å²) in [5.74, 6) is 0.785. The van der Waals surface area contributed by atoms with Crippen LogP contribution in [0.3, 0.4) is 0 Å². The van der Waals surface area contributed by atoms with E-state index in [1.807, 2.05) is 25.1 Å². The van der Waals surface area contributed by atoms with E-state index < -0.39 is 17.0 Å². The van der Waals surface area contributed by atoms with Crippen LogP contribution in [0, 0.1) is 0 Å². The van der Waals surface area contributed by atoms with E-state index in [9.17, 15) is 17.5 Å². The molecule has 0 saturated carbocycles. The Morgan fingerprint density at radius 3 is 2.36 bits per heavy atom. The van der Waals surface area contributed by atoms with Crippen molar-refractivity contribution in [1.29, 1.82) is 0 Å². The highest BCUT2D eigenvalue weighted by molar-refractivity contribution is 8.56. The lowest BCUT2D eigenvalue weighted by molar-refractivity contribution is 0.314. The van der Waals surface area contributed by atoms with E-state index in [0.29, 0.717) is 11.1 Å². The average Bonchev–Trinajstić information content (AvgIpc) is 2.46. The summed E-state index contributed by atoms with van der Waals surface area (Å²) in [6, 6.07) is 7.86. The fourth-order valence-corrected chi connectivity index (χ4v) is 5.07. The zero-order chi connectivity index (χ0) is 19.7. The predicted molar refractivity (Wildman–Crippen MR) is 104 cm³/mol. The molecule has 0 fully saturated rings. The molecule has 7 nitrogen and oxygen atoms in total. The number of nitrogens with zero attached hydrogens (tertiary/aromatic N) is 1. The Hall–Kier alpha value is -0.120. The molecule has 0 aliphatic rings. The summed E-state index contributed by atoms with van der Waals surface area (Å²) >= 11 is 7.43. The summed E-state index contributed by atoms with van der Waals surface area (Å²) in [7, 11) is 0.633. The summed E-state index contributed by atoms with van der Waals surface area (Å²) in [6.45, 7) is 2.41. The van der Waals surface area contributed by atoms with Gasteiger partial charge in [-0.3, -0.25) is 13.2 Å². The van der Waals surface area contributed by atoms with Crippen LogP contribution >= 0.6 is 29.6 Å². The molecule has 0 heterocycles. The molecule has 0 aliphatic carbocycles. The largest absolute Gasteiger partial charge is 0.726 e. The van der Waals surface area contributed by atoms with Gasteiger partial charge in [-0.25, -0.2) is 8.42 Å². The van der Waals surface area contributed by atoms with Crippen molar-refractivity contribution in [3.63, 3.8) is 0 Å². The Kier molecular flexibility index (Phi) is 10.8. The van der Waals surface area contributed by atoms with Gasteiger partial charge < -0.3 is 9.08 Å². The quantitative estimate of drug-likeness (QED) is 0.267. The Labute approximate surface area is 159 Å². The maximum atomic E-state index is 12.0. The first-order valence-corrected chi connectivity index (χ1v) is 12.7. The predicted octanol–water partition coefficient (Wildman–Crippen LogP) is 3.59. The molecule has 11 heteroatoms. The van der Waals surface area contributed by atoms with Gasteiger partial charge in [-0.05, 0) is 19.1 Å². The molecule has 0 N–H and O–H groups in total. The fourth-order valence-electron chi connectivity index (χ4n) is 1.69. The van der Waals surface area contributed by atoms with Crippen molar-refractivity contribution in [1.82, 2.24) is 4.48 Å². The lowest BCUT2D eigenvalue weighted by atomic mass is 10.2. The normalized spacial score (nSPS) is 14.4. The standard InChI is InChI=1S/C13H22ClNO2PS.CH4O4S/c1-5-17-18(4,16)19-10-9-15(2,3)13-8-6-7-12(14)11-13;1-5-6(2,3)4/h6-8,11H,5,9-10H2,1-4H3;1H3,(H,2,3,4)/q+1;/p-1. The van der Waals surface area contributed by atoms with E-state index in [0.717, 1.165) is 30.1 Å². The van der Waals surface area contributed by atoms with Gasteiger partial charge in [0.1, 0.15) is 5.69 Å². The van der Waals surface area contributed by atoms with Crippen molar-refractivity contribution in [2.75, 3.05) is 46.8 Å². The van der Waals surface area contributed by atoms with Crippen LogP contribution in [0.1, 0.15) is 6.92 Å². The first-order valence-electron chi connectivity index (χ1n) is 7.30. The number of rotatable bonds is 8. The van der Waals surface area contributed by atoms with E-state index in [-0.39, 0.29) is 0 Å². The van der Waals surface area contributed by atoms with Gasteiger partial charge in [0, 0.05) is 17.8 Å². The molecule has 0 amide bonds. The monoisotopic (exact) mass is 433 g/mol. The second kappa shape index (κ2) is 10.9. The third-order valence-corrected chi connectivity index (χ3v) is 7.53. The fraction of sp³-hybridized carbons (Fsp3) is 0.571. The smallest absolute Gasteiger partial charge is 0.254 e. The van der Waals surface area contributed by atoms with Gasteiger partial charge in [0.15, 0.2) is 0 Å². The minimum Gasteiger partial charge on any atom is -0.726 e. The van der Waals surface area contributed by atoms with E-state index in [1.54, 1.807) is 6.66 Å². The summed E-state index contributed by atoms with van der Waals surface area (Å²) in [4.78, 5) is 0. The third-order valence-electron chi connectivity index (χ3n) is 3.05. The van der Waals surface area contributed by atoms with Gasteiger partial charge in [-0.15, -0.1) is 0 Å². The van der Waals surface area contributed by atoms with Gasteiger partial charge in [0.2, 0.25) is 10.4 Å². The number of quaternary nitrogens is 1. The van der Waals surface area contributed by atoms with Gasteiger partial charge in [-0.1, -0.05) is 29.0 Å². The summed E-state index contributed by atoms with van der Waals surface area (Å²) in [5, 5.41) is 0.742. The Morgan fingerprint density at radius 2 is 1.92 bits per heavy atom.